The zero-order valence-electron chi connectivity index (χ0n) is 12.8. The summed E-state index contributed by atoms with van der Waals surface area (Å²) in [5, 5.41) is 0. The Morgan fingerprint density at radius 3 is 2.65 bits per heavy atom. The third kappa shape index (κ3) is 4.16. The Morgan fingerprint density at radius 2 is 2.04 bits per heavy atom. The Balaban J connectivity index is 2.64. The van der Waals surface area contributed by atoms with Crippen LogP contribution >= 0.6 is 20.2 Å². The Hall–Kier alpha value is -2.22. The molecule has 0 radical (unpaired) electrons. The van der Waals surface area contributed by atoms with Gasteiger partial charge in [-0.1, -0.05) is 61.2 Å². The van der Waals surface area contributed by atoms with Gasteiger partial charge in [0, 0.05) is 10.4 Å². The van der Waals surface area contributed by atoms with E-state index in [0.29, 0.717) is 4.88 Å². The van der Waals surface area contributed by atoms with Gasteiger partial charge in [-0.15, -0.1) is 20.2 Å². The van der Waals surface area contributed by atoms with E-state index in [2.05, 4.69) is 15.4 Å². The molecule has 1 aromatic heterocycles. The van der Waals surface area contributed by atoms with Gasteiger partial charge in [0.2, 0.25) is 0 Å². The summed E-state index contributed by atoms with van der Waals surface area (Å²) in [5.74, 6) is 1.46. The van der Waals surface area contributed by atoms with E-state index in [9.17, 15) is 4.79 Å². The number of esters is 1. The van der Waals surface area contributed by atoms with E-state index < -0.39 is 0 Å². The van der Waals surface area contributed by atoms with Gasteiger partial charge in [-0.2, -0.15) is 0 Å². The first kappa shape index (κ1) is 17.1. The average Bonchev–Trinajstić information content (AvgIpc) is 3.04. The van der Waals surface area contributed by atoms with E-state index in [-0.39, 0.29) is 5.97 Å². The fourth-order valence-corrected chi connectivity index (χ4v) is 3.39. The minimum atomic E-state index is -0.326. The molecule has 1 heterocycles. The van der Waals surface area contributed by atoms with Crippen LogP contribution in [0.2, 0.25) is 0 Å². The number of hydrogen-bond acceptors (Lipinski definition) is 3. The Bertz CT molecular complexity index is 770. The maximum Gasteiger partial charge on any atom is 0.348 e. The Kier molecular flexibility index (Phi) is 6.28. The second kappa shape index (κ2) is 8.42. The number of carbonyl (C=O) groups excluding carboxylic acids is 1. The van der Waals surface area contributed by atoms with Gasteiger partial charge >= 0.3 is 5.97 Å². The molecule has 0 fully saturated rings. The van der Waals surface area contributed by atoms with Crippen LogP contribution in [0.3, 0.4) is 0 Å². The predicted octanol–water partition coefficient (Wildman–Crippen LogP) is 5.27. The third-order valence-corrected chi connectivity index (χ3v) is 4.47. The normalized spacial score (nSPS) is 11.4. The lowest BCUT2D eigenvalue weighted by Crippen LogP contribution is -1.97. The van der Waals surface area contributed by atoms with Crippen molar-refractivity contribution in [3.05, 3.63) is 77.7 Å². The molecule has 23 heavy (non-hydrogen) atoms. The van der Waals surface area contributed by atoms with Crippen LogP contribution in [0.15, 0.2) is 67.3 Å². The summed E-state index contributed by atoms with van der Waals surface area (Å²) in [6, 6.07) is 11.9. The molecule has 2 rings (SSSR count). The number of ether oxygens (including phenoxy) is 1. The first-order chi connectivity index (χ1) is 11.2. The van der Waals surface area contributed by atoms with Gasteiger partial charge in [0.05, 0.1) is 7.11 Å². The number of rotatable bonds is 6. The Morgan fingerprint density at radius 1 is 1.30 bits per heavy atom. The number of benzene rings is 1. The van der Waals surface area contributed by atoms with Crippen LogP contribution in [0.5, 0.6) is 0 Å². The second-order valence-electron chi connectivity index (χ2n) is 4.59. The molecule has 2 aromatic rings. The summed E-state index contributed by atoms with van der Waals surface area (Å²) in [6.45, 7) is 3.71. The molecule has 0 unspecified atom stereocenters. The van der Waals surface area contributed by atoms with Gasteiger partial charge in [0.1, 0.15) is 4.88 Å². The van der Waals surface area contributed by atoms with E-state index in [0.717, 1.165) is 21.6 Å². The molecule has 0 aliphatic heterocycles. The molecule has 4 heteroatoms. The summed E-state index contributed by atoms with van der Waals surface area (Å²) in [5.41, 5.74) is 3.02. The molecular formula is C19H17O2PS. The van der Waals surface area contributed by atoms with Crippen molar-refractivity contribution in [2.75, 3.05) is 7.11 Å². The van der Waals surface area contributed by atoms with Gasteiger partial charge in [-0.05, 0) is 23.0 Å². The van der Waals surface area contributed by atoms with E-state index >= 15 is 0 Å². The highest BCUT2D eigenvalue weighted by atomic mass is 32.1. The second-order valence-corrected chi connectivity index (χ2v) is 5.98. The van der Waals surface area contributed by atoms with Crippen LogP contribution in [0.1, 0.15) is 15.2 Å². The maximum absolute atomic E-state index is 11.9. The van der Waals surface area contributed by atoms with Crippen molar-refractivity contribution in [3.8, 4) is 10.4 Å². The van der Waals surface area contributed by atoms with Gasteiger partial charge in [-0.25, -0.2) is 4.79 Å². The number of thiophene rings is 1. The smallest absolute Gasteiger partial charge is 0.348 e. The number of carbonyl (C=O) groups is 1. The van der Waals surface area contributed by atoms with Crippen LogP contribution in [-0.4, -0.2) is 18.9 Å². The molecule has 2 nitrogen and oxygen atoms in total. The quantitative estimate of drug-likeness (QED) is 0.407. The first-order valence-corrected chi connectivity index (χ1v) is 8.38. The molecule has 0 bridgehead atoms. The van der Waals surface area contributed by atoms with Crippen LogP contribution in [-0.2, 0) is 4.74 Å². The van der Waals surface area contributed by atoms with Crippen molar-refractivity contribution < 1.29 is 9.53 Å². The van der Waals surface area contributed by atoms with Crippen LogP contribution < -0.4 is 0 Å². The zero-order chi connectivity index (χ0) is 16.7. The highest BCUT2D eigenvalue weighted by Crippen LogP contribution is 2.37. The molecule has 0 N–H and O–H groups in total. The highest BCUT2D eigenvalue weighted by molar-refractivity contribution is 7.19. The topological polar surface area (TPSA) is 26.3 Å². The van der Waals surface area contributed by atoms with Crippen molar-refractivity contribution in [1.82, 2.24) is 0 Å². The Labute approximate surface area is 142 Å². The summed E-state index contributed by atoms with van der Waals surface area (Å²) >= 11 is 1.43. The number of allylic oxidation sites excluding steroid dienone is 5. The largest absolute Gasteiger partial charge is 0.465 e. The lowest BCUT2D eigenvalue weighted by Gasteiger charge is -2.04. The van der Waals surface area contributed by atoms with E-state index in [1.54, 1.807) is 11.9 Å². The molecule has 0 aliphatic rings. The number of hydrogen-bond donors (Lipinski definition) is 0. The van der Waals surface area contributed by atoms with E-state index in [1.807, 2.05) is 54.6 Å². The van der Waals surface area contributed by atoms with Gasteiger partial charge in [0.25, 0.3) is 0 Å². The highest BCUT2D eigenvalue weighted by Gasteiger charge is 2.17. The molecule has 0 atom stereocenters. The SMILES string of the molecule is C=CC=CC(=CC=P)c1cc(C(=O)OC)sc1-c1ccccc1. The summed E-state index contributed by atoms with van der Waals surface area (Å²) in [4.78, 5) is 13.5. The van der Waals surface area contributed by atoms with Gasteiger partial charge in [-0.3, -0.25) is 0 Å². The molecular weight excluding hydrogens is 323 g/mol. The molecule has 1 aromatic carbocycles. The van der Waals surface area contributed by atoms with Crippen molar-refractivity contribution >= 4 is 37.5 Å². The van der Waals surface area contributed by atoms with Crippen molar-refractivity contribution in [1.29, 1.82) is 0 Å². The average molecular weight is 340 g/mol. The fourth-order valence-electron chi connectivity index (χ4n) is 2.11. The first-order valence-electron chi connectivity index (χ1n) is 6.99. The van der Waals surface area contributed by atoms with Crippen LogP contribution in [0.25, 0.3) is 16.0 Å². The maximum atomic E-state index is 11.9. The van der Waals surface area contributed by atoms with Crippen molar-refractivity contribution in [2.24, 2.45) is 0 Å². The van der Waals surface area contributed by atoms with Crippen molar-refractivity contribution in [3.63, 3.8) is 0 Å². The predicted molar refractivity (Wildman–Crippen MR) is 103 cm³/mol. The standard InChI is InChI=1S/C19H17O2PS/c1-3-4-8-14(11-12-22)16-13-17(19(20)21-2)23-18(16)15-9-6-5-7-10-15/h3-13,22H,1H2,2H3. The minimum Gasteiger partial charge on any atom is -0.465 e. The summed E-state index contributed by atoms with van der Waals surface area (Å²) in [6.07, 6.45) is 7.48. The molecule has 116 valence electrons. The summed E-state index contributed by atoms with van der Waals surface area (Å²) in [7, 11) is 4.76. The van der Waals surface area contributed by atoms with Gasteiger partial charge in [0.15, 0.2) is 0 Å². The van der Waals surface area contributed by atoms with E-state index in [1.165, 1.54) is 18.4 Å². The molecule has 0 amide bonds. The van der Waals surface area contributed by atoms with E-state index in [4.69, 9.17) is 4.74 Å². The summed E-state index contributed by atoms with van der Waals surface area (Å²) < 4.78 is 4.86. The minimum absolute atomic E-state index is 0.326. The molecule has 0 saturated heterocycles. The van der Waals surface area contributed by atoms with Crippen LogP contribution in [0.4, 0.5) is 0 Å². The lowest BCUT2D eigenvalue weighted by atomic mass is 10.0. The monoisotopic (exact) mass is 340 g/mol. The van der Waals surface area contributed by atoms with Gasteiger partial charge < -0.3 is 4.74 Å². The third-order valence-electron chi connectivity index (χ3n) is 3.14. The number of methoxy groups -OCH3 is 1. The molecule has 0 spiro atoms. The molecule has 0 saturated carbocycles. The zero-order valence-corrected chi connectivity index (χ0v) is 14.6. The molecule has 0 aliphatic carbocycles. The van der Waals surface area contributed by atoms with Crippen LogP contribution in [0, 0.1) is 0 Å². The van der Waals surface area contributed by atoms with Crippen molar-refractivity contribution in [2.45, 2.75) is 0 Å². The fraction of sp³-hybridized carbons (Fsp3) is 0.0526. The lowest BCUT2D eigenvalue weighted by molar-refractivity contribution is 0.0606.